The normalized spacial score (nSPS) is 12.3. The second kappa shape index (κ2) is 6.20. The van der Waals surface area contributed by atoms with Gasteiger partial charge in [0.2, 0.25) is 0 Å². The first-order valence-electron chi connectivity index (χ1n) is 6.68. The van der Waals surface area contributed by atoms with Crippen LogP contribution in [0.4, 0.5) is 0 Å². The van der Waals surface area contributed by atoms with Crippen LogP contribution in [0.5, 0.6) is 0 Å². The van der Waals surface area contributed by atoms with Crippen LogP contribution >= 0.6 is 15.9 Å². The van der Waals surface area contributed by atoms with Gasteiger partial charge in [0, 0.05) is 4.47 Å². The minimum atomic E-state index is 0.0355. The van der Waals surface area contributed by atoms with Crippen LogP contribution in [0.25, 0.3) is 5.69 Å². The first kappa shape index (κ1) is 14.0. The Hall–Kier alpha value is -1.98. The van der Waals surface area contributed by atoms with Crippen LogP contribution in [-0.4, -0.2) is 22.0 Å². The van der Waals surface area contributed by atoms with E-state index >= 15 is 0 Å². The molecule has 106 valence electrons. The lowest BCUT2D eigenvalue weighted by Gasteiger charge is -2.17. The number of nitrogens with zero attached hydrogens (tertiary/aromatic N) is 3. The van der Waals surface area contributed by atoms with E-state index in [2.05, 4.69) is 43.7 Å². The molecule has 0 spiro atoms. The first-order valence-corrected chi connectivity index (χ1v) is 7.47. The molecule has 1 unspecified atom stereocenters. The van der Waals surface area contributed by atoms with Crippen molar-refractivity contribution in [2.75, 3.05) is 7.05 Å². The van der Waals surface area contributed by atoms with Crippen molar-refractivity contribution in [2.24, 2.45) is 0 Å². The van der Waals surface area contributed by atoms with Gasteiger partial charge in [-0.15, -0.1) is 5.10 Å². The monoisotopic (exact) mass is 342 g/mol. The summed E-state index contributed by atoms with van der Waals surface area (Å²) in [4.78, 5) is 0. The molecule has 0 saturated heterocycles. The Labute approximate surface area is 131 Å². The van der Waals surface area contributed by atoms with Crippen LogP contribution in [-0.2, 0) is 0 Å². The van der Waals surface area contributed by atoms with Crippen LogP contribution in [0.1, 0.15) is 17.3 Å². The largest absolute Gasteiger partial charge is 0.308 e. The lowest BCUT2D eigenvalue weighted by molar-refractivity contribution is 0.633. The summed E-state index contributed by atoms with van der Waals surface area (Å²) in [6.07, 6.45) is 1.80. The van der Waals surface area contributed by atoms with Gasteiger partial charge in [0.05, 0.1) is 23.6 Å². The molecule has 0 amide bonds. The SMILES string of the molecule is CNC(c1ccc(Br)cc1)c1cnnn1-c1ccccc1. The van der Waals surface area contributed by atoms with Gasteiger partial charge in [0.25, 0.3) is 0 Å². The molecule has 3 rings (SSSR count). The number of rotatable bonds is 4. The fourth-order valence-corrected chi connectivity index (χ4v) is 2.61. The van der Waals surface area contributed by atoms with E-state index in [0.717, 1.165) is 15.9 Å². The van der Waals surface area contributed by atoms with Gasteiger partial charge in [0.15, 0.2) is 0 Å². The molecular formula is C16H15BrN4. The van der Waals surface area contributed by atoms with Crippen LogP contribution in [0.2, 0.25) is 0 Å². The van der Waals surface area contributed by atoms with Crippen LogP contribution in [0.3, 0.4) is 0 Å². The molecule has 5 heteroatoms. The van der Waals surface area contributed by atoms with Crippen LogP contribution in [0.15, 0.2) is 65.3 Å². The van der Waals surface area contributed by atoms with E-state index in [1.807, 2.05) is 54.2 Å². The zero-order valence-electron chi connectivity index (χ0n) is 11.6. The van der Waals surface area contributed by atoms with Crippen molar-refractivity contribution in [3.63, 3.8) is 0 Å². The Morgan fingerprint density at radius 1 is 1.05 bits per heavy atom. The highest BCUT2D eigenvalue weighted by molar-refractivity contribution is 9.10. The summed E-state index contributed by atoms with van der Waals surface area (Å²) in [7, 11) is 1.94. The minimum Gasteiger partial charge on any atom is -0.308 e. The van der Waals surface area contributed by atoms with E-state index in [-0.39, 0.29) is 6.04 Å². The molecule has 1 atom stereocenters. The molecule has 0 aliphatic heterocycles. The zero-order valence-corrected chi connectivity index (χ0v) is 13.2. The number of halogens is 1. The molecule has 2 aromatic carbocycles. The van der Waals surface area contributed by atoms with Gasteiger partial charge in [-0.3, -0.25) is 0 Å². The maximum Gasteiger partial charge on any atom is 0.0860 e. The topological polar surface area (TPSA) is 42.7 Å². The van der Waals surface area contributed by atoms with E-state index < -0.39 is 0 Å². The van der Waals surface area contributed by atoms with Crippen molar-refractivity contribution in [3.05, 3.63) is 76.5 Å². The van der Waals surface area contributed by atoms with E-state index in [9.17, 15) is 0 Å². The average molecular weight is 343 g/mol. The predicted octanol–water partition coefficient (Wildman–Crippen LogP) is 3.34. The molecule has 0 radical (unpaired) electrons. The molecule has 21 heavy (non-hydrogen) atoms. The maximum atomic E-state index is 4.22. The highest BCUT2D eigenvalue weighted by Gasteiger charge is 2.18. The molecular weight excluding hydrogens is 328 g/mol. The molecule has 0 saturated carbocycles. The number of hydrogen-bond donors (Lipinski definition) is 1. The van der Waals surface area contributed by atoms with E-state index in [4.69, 9.17) is 0 Å². The smallest absolute Gasteiger partial charge is 0.0860 e. The van der Waals surface area contributed by atoms with E-state index in [0.29, 0.717) is 0 Å². The third-order valence-corrected chi connectivity index (χ3v) is 3.89. The average Bonchev–Trinajstić information content (AvgIpc) is 3.00. The number of hydrogen-bond acceptors (Lipinski definition) is 3. The Kier molecular flexibility index (Phi) is 4.13. The lowest BCUT2D eigenvalue weighted by atomic mass is 10.0. The summed E-state index contributed by atoms with van der Waals surface area (Å²) in [5.74, 6) is 0. The molecule has 0 aliphatic rings. The Morgan fingerprint density at radius 3 is 2.43 bits per heavy atom. The zero-order chi connectivity index (χ0) is 14.7. The van der Waals surface area contributed by atoms with Gasteiger partial charge in [-0.25, -0.2) is 4.68 Å². The van der Waals surface area contributed by atoms with Gasteiger partial charge in [0.1, 0.15) is 0 Å². The summed E-state index contributed by atoms with van der Waals surface area (Å²) in [6.45, 7) is 0. The maximum absolute atomic E-state index is 4.22. The van der Waals surface area contributed by atoms with E-state index in [1.54, 1.807) is 6.20 Å². The van der Waals surface area contributed by atoms with Gasteiger partial charge in [-0.2, -0.15) is 0 Å². The van der Waals surface area contributed by atoms with Crippen LogP contribution < -0.4 is 5.32 Å². The minimum absolute atomic E-state index is 0.0355. The Bertz CT molecular complexity index is 707. The fraction of sp³-hybridized carbons (Fsp3) is 0.125. The quantitative estimate of drug-likeness (QED) is 0.790. The predicted molar refractivity (Wildman–Crippen MR) is 86.4 cm³/mol. The molecule has 0 aliphatic carbocycles. The molecule has 1 N–H and O–H groups in total. The van der Waals surface area contributed by atoms with Crippen molar-refractivity contribution in [1.82, 2.24) is 20.3 Å². The third kappa shape index (κ3) is 2.89. The van der Waals surface area contributed by atoms with Crippen molar-refractivity contribution in [2.45, 2.75) is 6.04 Å². The van der Waals surface area contributed by atoms with Crippen LogP contribution in [0, 0.1) is 0 Å². The van der Waals surface area contributed by atoms with Gasteiger partial charge in [-0.05, 0) is 36.9 Å². The number of aromatic nitrogens is 3. The highest BCUT2D eigenvalue weighted by Crippen LogP contribution is 2.24. The van der Waals surface area contributed by atoms with Gasteiger partial charge >= 0.3 is 0 Å². The second-order valence-electron chi connectivity index (χ2n) is 4.68. The standard InChI is InChI=1S/C16H15BrN4/c1-18-16(12-7-9-13(17)10-8-12)15-11-19-20-21(15)14-5-3-2-4-6-14/h2-11,16,18H,1H3. The van der Waals surface area contributed by atoms with Gasteiger partial charge < -0.3 is 5.32 Å². The van der Waals surface area contributed by atoms with Gasteiger partial charge in [-0.1, -0.05) is 51.5 Å². The summed E-state index contributed by atoms with van der Waals surface area (Å²) in [5, 5.41) is 11.6. The number of para-hydroxylation sites is 1. The van der Waals surface area contributed by atoms with Crippen molar-refractivity contribution in [1.29, 1.82) is 0 Å². The van der Waals surface area contributed by atoms with Crippen molar-refractivity contribution >= 4 is 15.9 Å². The number of benzene rings is 2. The summed E-state index contributed by atoms with van der Waals surface area (Å²) in [5.41, 5.74) is 3.17. The summed E-state index contributed by atoms with van der Waals surface area (Å²) in [6, 6.07) is 18.3. The lowest BCUT2D eigenvalue weighted by Crippen LogP contribution is -2.21. The summed E-state index contributed by atoms with van der Waals surface area (Å²) >= 11 is 3.47. The third-order valence-electron chi connectivity index (χ3n) is 3.36. The Balaban J connectivity index is 2.03. The molecule has 0 fully saturated rings. The molecule has 1 aromatic heterocycles. The van der Waals surface area contributed by atoms with Crippen molar-refractivity contribution in [3.8, 4) is 5.69 Å². The second-order valence-corrected chi connectivity index (χ2v) is 5.60. The highest BCUT2D eigenvalue weighted by atomic mass is 79.9. The van der Waals surface area contributed by atoms with Crippen molar-refractivity contribution < 1.29 is 0 Å². The fourth-order valence-electron chi connectivity index (χ4n) is 2.35. The molecule has 1 heterocycles. The number of nitrogens with one attached hydrogen (secondary N) is 1. The summed E-state index contributed by atoms with van der Waals surface area (Å²) < 4.78 is 2.93. The first-order chi connectivity index (χ1) is 10.3. The van der Waals surface area contributed by atoms with E-state index in [1.165, 1.54) is 5.56 Å². The molecule has 0 bridgehead atoms. The Morgan fingerprint density at radius 2 is 1.76 bits per heavy atom. The molecule has 4 nitrogen and oxygen atoms in total. The molecule has 3 aromatic rings.